The van der Waals surface area contributed by atoms with Gasteiger partial charge < -0.3 is 9.30 Å². The molecule has 2 aromatic carbocycles. The minimum Gasteiger partial charge on any atom is -0.492 e. The second-order valence-corrected chi connectivity index (χ2v) is 9.37. The third-order valence-electron chi connectivity index (χ3n) is 5.65. The summed E-state index contributed by atoms with van der Waals surface area (Å²) in [6.07, 6.45) is 4.44. The third kappa shape index (κ3) is 4.15. The first kappa shape index (κ1) is 22.4. The number of nitrogens with one attached hydrogen (secondary N) is 1. The van der Waals surface area contributed by atoms with E-state index in [0.29, 0.717) is 23.3 Å². The topological polar surface area (TPSA) is 83.0 Å². The van der Waals surface area contributed by atoms with Crippen molar-refractivity contribution in [3.63, 3.8) is 0 Å². The van der Waals surface area contributed by atoms with Crippen molar-refractivity contribution in [2.75, 3.05) is 6.61 Å². The van der Waals surface area contributed by atoms with Crippen molar-refractivity contribution in [1.82, 2.24) is 9.58 Å². The van der Waals surface area contributed by atoms with Crippen molar-refractivity contribution >= 4 is 62.3 Å². The molecule has 3 heterocycles. The minimum atomic E-state index is -0.422. The number of hydrogen-bond acceptors (Lipinski definition) is 5. The van der Waals surface area contributed by atoms with Gasteiger partial charge in [-0.25, -0.2) is 0 Å². The van der Waals surface area contributed by atoms with Gasteiger partial charge >= 0.3 is 0 Å². The summed E-state index contributed by atoms with van der Waals surface area (Å²) in [4.78, 5) is 16.9. The van der Waals surface area contributed by atoms with Crippen LogP contribution in [0.25, 0.3) is 17.0 Å². The second kappa shape index (κ2) is 9.12. The molecule has 1 N–H and O–H groups in total. The maximum atomic E-state index is 12.7. The number of fused-ring (bicyclic) bond motifs is 2. The number of amidine groups is 2. The Morgan fingerprint density at radius 1 is 1.24 bits per heavy atom. The standard InChI is InChI=1S/C25H22ClN5O2S/c1-3-22-29-31-23(27)19(24(32)28-25(31)34-22)13-16-14-30(21-7-5-4-6-18(16)21)10-11-33-17-8-9-20(26)15(2)12-17/h4-9,12-14,27H,3,10-11H2,1-2H3/b19-13+,27-23?. The first-order valence-electron chi connectivity index (χ1n) is 10.9. The molecule has 0 bridgehead atoms. The molecule has 9 heteroatoms. The van der Waals surface area contributed by atoms with Crippen molar-refractivity contribution < 1.29 is 9.53 Å². The molecular weight excluding hydrogens is 470 g/mol. The molecule has 5 rings (SSSR count). The Balaban J connectivity index is 1.42. The molecule has 2 aliphatic rings. The summed E-state index contributed by atoms with van der Waals surface area (Å²) in [6, 6.07) is 13.6. The molecule has 0 radical (unpaired) electrons. The summed E-state index contributed by atoms with van der Waals surface area (Å²) in [7, 11) is 0. The Hall–Kier alpha value is -3.36. The molecular formula is C25H22ClN5O2S. The number of benzene rings is 2. The van der Waals surface area contributed by atoms with Gasteiger partial charge in [0.1, 0.15) is 17.4 Å². The number of para-hydroxylation sites is 1. The van der Waals surface area contributed by atoms with E-state index in [0.717, 1.165) is 39.2 Å². The monoisotopic (exact) mass is 491 g/mol. The van der Waals surface area contributed by atoms with Gasteiger partial charge in [0.05, 0.1) is 12.1 Å². The number of aryl methyl sites for hydroxylation is 1. The number of nitrogens with zero attached hydrogens (tertiary/aromatic N) is 4. The normalized spacial score (nSPS) is 16.8. The number of aliphatic imine (C=N–C) groups is 1. The van der Waals surface area contributed by atoms with Crippen LogP contribution in [0, 0.1) is 12.3 Å². The van der Waals surface area contributed by atoms with Crippen LogP contribution in [0.4, 0.5) is 0 Å². The lowest BCUT2D eigenvalue weighted by Crippen LogP contribution is -2.35. The molecule has 172 valence electrons. The third-order valence-corrected chi connectivity index (χ3v) is 7.13. The predicted octanol–water partition coefficient (Wildman–Crippen LogP) is 5.71. The summed E-state index contributed by atoms with van der Waals surface area (Å²) >= 11 is 7.44. The van der Waals surface area contributed by atoms with Crippen LogP contribution in [0.1, 0.15) is 24.5 Å². The molecule has 0 aliphatic carbocycles. The largest absolute Gasteiger partial charge is 0.492 e. The number of aromatic nitrogens is 1. The number of hydrazone groups is 1. The molecule has 2 aliphatic heterocycles. The van der Waals surface area contributed by atoms with Gasteiger partial charge in [-0.15, -0.1) is 0 Å². The maximum Gasteiger partial charge on any atom is 0.283 e. The van der Waals surface area contributed by atoms with E-state index in [1.165, 1.54) is 16.8 Å². The first-order valence-corrected chi connectivity index (χ1v) is 12.1. The van der Waals surface area contributed by atoms with Crippen LogP contribution in [0.2, 0.25) is 5.02 Å². The van der Waals surface area contributed by atoms with Crippen LogP contribution >= 0.6 is 23.4 Å². The molecule has 0 spiro atoms. The second-order valence-electron chi connectivity index (χ2n) is 7.92. The van der Waals surface area contributed by atoms with Crippen LogP contribution in [0.5, 0.6) is 5.75 Å². The van der Waals surface area contributed by atoms with Gasteiger partial charge in [0, 0.05) is 27.7 Å². The van der Waals surface area contributed by atoms with E-state index in [1.54, 1.807) is 6.08 Å². The molecule has 34 heavy (non-hydrogen) atoms. The highest BCUT2D eigenvalue weighted by Crippen LogP contribution is 2.31. The Morgan fingerprint density at radius 3 is 2.85 bits per heavy atom. The quantitative estimate of drug-likeness (QED) is 0.447. The number of carbonyl (C=O) groups is 1. The number of halogens is 1. The number of hydrogen-bond donors (Lipinski definition) is 1. The molecule has 0 unspecified atom stereocenters. The molecule has 3 aromatic rings. The van der Waals surface area contributed by atoms with Gasteiger partial charge in [0.25, 0.3) is 5.91 Å². The van der Waals surface area contributed by atoms with Crippen LogP contribution in [-0.2, 0) is 11.3 Å². The average Bonchev–Trinajstić information content (AvgIpc) is 3.40. The van der Waals surface area contributed by atoms with E-state index in [1.807, 2.05) is 62.5 Å². The first-order chi connectivity index (χ1) is 16.4. The van der Waals surface area contributed by atoms with Crippen molar-refractivity contribution in [3.8, 4) is 5.75 Å². The molecule has 0 fully saturated rings. The van der Waals surface area contributed by atoms with E-state index in [9.17, 15) is 4.79 Å². The predicted molar refractivity (Wildman–Crippen MR) is 139 cm³/mol. The molecule has 0 atom stereocenters. The van der Waals surface area contributed by atoms with Crippen molar-refractivity contribution in [1.29, 1.82) is 5.41 Å². The summed E-state index contributed by atoms with van der Waals surface area (Å²) in [5.41, 5.74) is 3.06. The lowest BCUT2D eigenvalue weighted by molar-refractivity contribution is -0.114. The number of ether oxygens (including phenoxy) is 1. The lowest BCUT2D eigenvalue weighted by atomic mass is 10.1. The summed E-state index contributed by atoms with van der Waals surface area (Å²) in [5.74, 6) is 0.393. The van der Waals surface area contributed by atoms with Crippen molar-refractivity contribution in [3.05, 3.63) is 70.4 Å². The highest BCUT2D eigenvalue weighted by Gasteiger charge is 2.35. The van der Waals surface area contributed by atoms with Gasteiger partial charge in [-0.1, -0.05) is 36.7 Å². The van der Waals surface area contributed by atoms with Crippen molar-refractivity contribution in [2.45, 2.75) is 26.8 Å². The zero-order valence-corrected chi connectivity index (χ0v) is 20.3. The van der Waals surface area contributed by atoms with E-state index in [2.05, 4.69) is 14.7 Å². The maximum absolute atomic E-state index is 12.7. The fraction of sp³-hybridized carbons (Fsp3) is 0.200. The van der Waals surface area contributed by atoms with Crippen LogP contribution in [0.15, 0.2) is 64.3 Å². The fourth-order valence-corrected chi connectivity index (χ4v) is 4.82. The number of rotatable bonds is 6. The Morgan fingerprint density at radius 2 is 2.06 bits per heavy atom. The van der Waals surface area contributed by atoms with Gasteiger partial charge in [0.2, 0.25) is 5.17 Å². The van der Waals surface area contributed by atoms with Gasteiger partial charge in [-0.3, -0.25) is 10.2 Å². The van der Waals surface area contributed by atoms with Crippen molar-refractivity contribution in [2.24, 2.45) is 10.1 Å². The van der Waals surface area contributed by atoms with Gasteiger partial charge in [-0.05, 0) is 61.0 Å². The van der Waals surface area contributed by atoms with Gasteiger partial charge in [0.15, 0.2) is 5.84 Å². The van der Waals surface area contributed by atoms with E-state index >= 15 is 0 Å². The van der Waals surface area contributed by atoms with E-state index < -0.39 is 5.91 Å². The Bertz CT molecular complexity index is 1420. The highest BCUT2D eigenvalue weighted by atomic mass is 35.5. The van der Waals surface area contributed by atoms with E-state index in [-0.39, 0.29) is 11.4 Å². The van der Waals surface area contributed by atoms with Crippen LogP contribution < -0.4 is 4.74 Å². The zero-order valence-electron chi connectivity index (χ0n) is 18.7. The summed E-state index contributed by atoms with van der Waals surface area (Å²) in [5, 5.41) is 17.4. The summed E-state index contributed by atoms with van der Waals surface area (Å²) in [6.45, 7) is 5.02. The molecule has 0 saturated carbocycles. The molecule has 1 amide bonds. The highest BCUT2D eigenvalue weighted by molar-refractivity contribution is 8.26. The van der Waals surface area contributed by atoms with Crippen LogP contribution in [-0.4, -0.2) is 38.1 Å². The van der Waals surface area contributed by atoms with E-state index in [4.69, 9.17) is 21.7 Å². The molecule has 1 aromatic heterocycles. The Labute approximate surface area is 206 Å². The Kier molecular flexibility index (Phi) is 6.02. The van der Waals surface area contributed by atoms with Gasteiger partial charge in [-0.2, -0.15) is 15.1 Å². The summed E-state index contributed by atoms with van der Waals surface area (Å²) < 4.78 is 8.02. The van der Waals surface area contributed by atoms with Crippen LogP contribution in [0.3, 0.4) is 0 Å². The number of thioether (sulfide) groups is 1. The average molecular weight is 492 g/mol. The SMILES string of the molecule is CCC1=NN2C(=N)/C(=C\c3cn(CCOc4ccc(Cl)c(C)c4)c4ccccc34)C(=O)N=C2S1. The smallest absolute Gasteiger partial charge is 0.283 e. The lowest BCUT2D eigenvalue weighted by Gasteiger charge is -2.20. The molecule has 7 nitrogen and oxygen atoms in total. The number of amides is 1. The zero-order chi connectivity index (χ0) is 23.8. The number of carbonyl (C=O) groups excluding carboxylic acids is 1. The molecule has 0 saturated heterocycles. The minimum absolute atomic E-state index is 0.0456. The fourth-order valence-electron chi connectivity index (χ4n) is 3.87.